The number of fused-ring (bicyclic) bond motifs is 3. The molecule has 0 spiro atoms. The Hall–Kier alpha value is -3.02. The van der Waals surface area contributed by atoms with Gasteiger partial charge in [-0.05, 0) is 54.3 Å². The highest BCUT2D eigenvalue weighted by atomic mass is 35.5. The Morgan fingerprint density at radius 1 is 1.06 bits per heavy atom. The molecule has 0 aromatic heterocycles. The molecule has 32 heavy (non-hydrogen) atoms. The van der Waals surface area contributed by atoms with Gasteiger partial charge >= 0.3 is 6.03 Å². The van der Waals surface area contributed by atoms with Crippen molar-refractivity contribution >= 4 is 40.6 Å². The first-order valence-electron chi connectivity index (χ1n) is 10.4. The summed E-state index contributed by atoms with van der Waals surface area (Å²) in [5, 5.41) is 10.1. The zero-order valence-corrected chi connectivity index (χ0v) is 18.9. The third kappa shape index (κ3) is 3.72. The number of benzene rings is 3. The number of aryl methyl sites for hydroxylation is 1. The number of nitrogens with zero attached hydrogens (tertiary/aromatic N) is 2. The third-order valence-corrected chi connectivity index (χ3v) is 6.80. The number of halogens is 2. The molecule has 3 aromatic carbocycles. The average Bonchev–Trinajstić information content (AvgIpc) is 3.22. The Labute approximate surface area is 196 Å². The van der Waals surface area contributed by atoms with Gasteiger partial charge in [0.25, 0.3) is 0 Å². The quantitative estimate of drug-likeness (QED) is 0.476. The number of hydrogen-bond donors (Lipinski definition) is 1. The maximum Gasteiger partial charge on any atom is 0.342 e. The van der Waals surface area contributed by atoms with Crippen LogP contribution in [-0.2, 0) is 6.42 Å². The van der Waals surface area contributed by atoms with Crippen molar-refractivity contribution < 1.29 is 9.53 Å². The standard InChI is InChI=1S/C25H21Cl2N3O2/c1-32-18-10-6-16(7-11-18)24-20-12-8-15-4-2-3-5-19(15)23(20)29-30(24)25(31)28-17-9-13-21(26)22(27)14-17/h2-7,9-11,13-14,20,24H,8,12H2,1H3,(H,28,31). The molecule has 5 nitrogen and oxygen atoms in total. The Balaban J connectivity index is 1.53. The normalized spacial score (nSPS) is 19.1. The SMILES string of the molecule is COc1ccc(C2C3CCc4ccccc4C3=NN2C(=O)Nc2ccc(Cl)c(Cl)c2)cc1. The number of amides is 2. The molecule has 0 saturated carbocycles. The van der Waals surface area contributed by atoms with E-state index in [4.69, 9.17) is 33.0 Å². The molecule has 1 aliphatic heterocycles. The summed E-state index contributed by atoms with van der Waals surface area (Å²) in [5.41, 5.74) is 4.92. The lowest BCUT2D eigenvalue weighted by Crippen LogP contribution is -2.34. The maximum absolute atomic E-state index is 13.4. The van der Waals surface area contributed by atoms with Gasteiger partial charge in [0.05, 0.1) is 28.9 Å². The molecule has 0 fully saturated rings. The van der Waals surface area contributed by atoms with Crippen LogP contribution in [0.3, 0.4) is 0 Å². The number of nitrogens with one attached hydrogen (secondary N) is 1. The van der Waals surface area contributed by atoms with Crippen molar-refractivity contribution in [2.45, 2.75) is 18.9 Å². The van der Waals surface area contributed by atoms with E-state index in [1.807, 2.05) is 36.4 Å². The topological polar surface area (TPSA) is 53.9 Å². The van der Waals surface area contributed by atoms with Gasteiger partial charge in [-0.2, -0.15) is 5.10 Å². The van der Waals surface area contributed by atoms with Crippen LogP contribution in [0.25, 0.3) is 0 Å². The van der Waals surface area contributed by atoms with Crippen molar-refractivity contribution in [1.82, 2.24) is 5.01 Å². The van der Waals surface area contributed by atoms with Crippen LogP contribution in [0, 0.1) is 5.92 Å². The summed E-state index contributed by atoms with van der Waals surface area (Å²) >= 11 is 12.1. The zero-order chi connectivity index (χ0) is 22.2. The summed E-state index contributed by atoms with van der Waals surface area (Å²) < 4.78 is 5.31. The van der Waals surface area contributed by atoms with Crippen molar-refractivity contribution in [2.75, 3.05) is 12.4 Å². The van der Waals surface area contributed by atoms with Crippen molar-refractivity contribution in [3.8, 4) is 5.75 Å². The van der Waals surface area contributed by atoms with Gasteiger partial charge in [0.15, 0.2) is 0 Å². The largest absolute Gasteiger partial charge is 0.497 e. The molecule has 1 aliphatic carbocycles. The number of hydrazone groups is 1. The van der Waals surface area contributed by atoms with Crippen LogP contribution in [-0.4, -0.2) is 23.9 Å². The van der Waals surface area contributed by atoms with E-state index in [9.17, 15) is 4.79 Å². The first kappa shape index (κ1) is 20.9. The minimum atomic E-state index is -0.316. The van der Waals surface area contributed by atoms with Crippen molar-refractivity contribution in [3.05, 3.63) is 93.5 Å². The molecule has 3 aromatic rings. The summed E-state index contributed by atoms with van der Waals surface area (Å²) in [4.78, 5) is 13.4. The summed E-state index contributed by atoms with van der Waals surface area (Å²) in [6.45, 7) is 0. The molecule has 0 saturated heterocycles. The fraction of sp³-hybridized carbons (Fsp3) is 0.200. The number of carbonyl (C=O) groups excluding carboxylic acids is 1. The van der Waals surface area contributed by atoms with E-state index in [0.29, 0.717) is 15.7 Å². The molecule has 7 heteroatoms. The van der Waals surface area contributed by atoms with Crippen LogP contribution >= 0.6 is 23.2 Å². The lowest BCUT2D eigenvalue weighted by molar-refractivity contribution is 0.188. The van der Waals surface area contributed by atoms with E-state index in [-0.39, 0.29) is 18.0 Å². The van der Waals surface area contributed by atoms with Crippen molar-refractivity contribution in [3.63, 3.8) is 0 Å². The lowest BCUT2D eigenvalue weighted by atomic mass is 9.77. The number of hydrogen-bond acceptors (Lipinski definition) is 3. The Kier molecular flexibility index (Phi) is 5.53. The molecule has 162 valence electrons. The van der Waals surface area contributed by atoms with E-state index in [1.54, 1.807) is 30.3 Å². The number of anilines is 1. The van der Waals surface area contributed by atoms with Crippen LogP contribution in [0.4, 0.5) is 10.5 Å². The summed E-state index contributed by atoms with van der Waals surface area (Å²) in [7, 11) is 1.64. The molecule has 0 radical (unpaired) electrons. The first-order valence-corrected chi connectivity index (χ1v) is 11.2. The molecule has 5 rings (SSSR count). The molecular weight excluding hydrogens is 445 g/mol. The van der Waals surface area contributed by atoms with Gasteiger partial charge in [-0.25, -0.2) is 9.80 Å². The highest BCUT2D eigenvalue weighted by Gasteiger charge is 2.43. The molecule has 1 N–H and O–H groups in total. The lowest BCUT2D eigenvalue weighted by Gasteiger charge is -2.29. The monoisotopic (exact) mass is 465 g/mol. The van der Waals surface area contributed by atoms with Gasteiger partial charge in [0.1, 0.15) is 5.75 Å². The second kappa shape index (κ2) is 8.49. The molecule has 0 bridgehead atoms. The Morgan fingerprint density at radius 3 is 2.59 bits per heavy atom. The number of ether oxygens (including phenoxy) is 1. The van der Waals surface area contributed by atoms with Gasteiger partial charge in [-0.1, -0.05) is 59.6 Å². The highest BCUT2D eigenvalue weighted by Crippen LogP contribution is 2.44. The number of rotatable bonds is 3. The minimum Gasteiger partial charge on any atom is -0.497 e. The van der Waals surface area contributed by atoms with Gasteiger partial charge in [-0.15, -0.1) is 0 Å². The fourth-order valence-corrected chi connectivity index (χ4v) is 4.82. The summed E-state index contributed by atoms with van der Waals surface area (Å²) in [5.74, 6) is 0.881. The van der Waals surface area contributed by atoms with E-state index >= 15 is 0 Å². The Bertz CT molecular complexity index is 1210. The molecule has 2 atom stereocenters. The predicted molar refractivity (Wildman–Crippen MR) is 128 cm³/mol. The first-order chi connectivity index (χ1) is 15.5. The van der Waals surface area contributed by atoms with E-state index in [2.05, 4.69) is 17.4 Å². The molecule has 2 amide bonds. The van der Waals surface area contributed by atoms with Gasteiger partial charge < -0.3 is 10.1 Å². The molecule has 2 unspecified atom stereocenters. The van der Waals surface area contributed by atoms with Crippen LogP contribution < -0.4 is 10.1 Å². The molecular formula is C25H21Cl2N3O2. The summed E-state index contributed by atoms with van der Waals surface area (Å²) in [6, 6.07) is 20.6. The second-order valence-corrected chi connectivity index (χ2v) is 8.72. The maximum atomic E-state index is 13.4. The molecule has 2 aliphatic rings. The highest BCUT2D eigenvalue weighted by molar-refractivity contribution is 6.42. The van der Waals surface area contributed by atoms with Crippen LogP contribution in [0.15, 0.2) is 71.8 Å². The van der Waals surface area contributed by atoms with E-state index in [1.165, 1.54) is 5.56 Å². The van der Waals surface area contributed by atoms with Gasteiger partial charge in [-0.3, -0.25) is 0 Å². The number of carbonyl (C=O) groups is 1. The second-order valence-electron chi connectivity index (χ2n) is 7.91. The third-order valence-electron chi connectivity index (χ3n) is 6.07. The summed E-state index contributed by atoms with van der Waals surface area (Å²) in [6.07, 6.45) is 1.87. The zero-order valence-electron chi connectivity index (χ0n) is 17.4. The minimum absolute atomic E-state index is 0.109. The van der Waals surface area contributed by atoms with E-state index in [0.717, 1.165) is 35.4 Å². The van der Waals surface area contributed by atoms with Crippen molar-refractivity contribution in [2.24, 2.45) is 11.0 Å². The number of methoxy groups -OCH3 is 1. The van der Waals surface area contributed by atoms with Gasteiger partial charge in [0.2, 0.25) is 0 Å². The molecule has 1 heterocycles. The fourth-order valence-electron chi connectivity index (χ4n) is 4.52. The average molecular weight is 466 g/mol. The van der Waals surface area contributed by atoms with Crippen molar-refractivity contribution in [1.29, 1.82) is 0 Å². The predicted octanol–water partition coefficient (Wildman–Crippen LogP) is 6.56. The van der Waals surface area contributed by atoms with Crippen LogP contribution in [0.2, 0.25) is 10.0 Å². The Morgan fingerprint density at radius 2 is 1.84 bits per heavy atom. The van der Waals surface area contributed by atoms with Crippen LogP contribution in [0.1, 0.15) is 29.2 Å². The smallest absolute Gasteiger partial charge is 0.342 e. The number of urea groups is 1. The van der Waals surface area contributed by atoms with E-state index < -0.39 is 0 Å². The van der Waals surface area contributed by atoms with Gasteiger partial charge in [0, 0.05) is 17.2 Å². The van der Waals surface area contributed by atoms with Crippen LogP contribution in [0.5, 0.6) is 5.75 Å².